The first kappa shape index (κ1) is 22.9. The lowest BCUT2D eigenvalue weighted by Gasteiger charge is -2.37. The van der Waals surface area contributed by atoms with Crippen molar-refractivity contribution in [1.82, 2.24) is 25.3 Å². The van der Waals surface area contributed by atoms with Gasteiger partial charge in [-0.25, -0.2) is 9.97 Å². The van der Waals surface area contributed by atoms with Gasteiger partial charge in [-0.05, 0) is 28.9 Å². The molecule has 0 radical (unpaired) electrons. The van der Waals surface area contributed by atoms with Crippen molar-refractivity contribution < 1.29 is 14.5 Å². The summed E-state index contributed by atoms with van der Waals surface area (Å²) < 4.78 is 6.67. The van der Waals surface area contributed by atoms with Crippen LogP contribution in [0.15, 0.2) is 40.5 Å². The molecule has 1 amide bonds. The van der Waals surface area contributed by atoms with Crippen molar-refractivity contribution in [3.8, 4) is 5.75 Å². The maximum absolute atomic E-state index is 11.5. The summed E-state index contributed by atoms with van der Waals surface area (Å²) in [5.41, 5.74) is 0.996. The predicted molar refractivity (Wildman–Crippen MR) is 119 cm³/mol. The van der Waals surface area contributed by atoms with Crippen LogP contribution in [0.3, 0.4) is 0 Å². The van der Waals surface area contributed by atoms with E-state index in [1.807, 2.05) is 19.9 Å². The molecule has 166 valence electrons. The number of nitrogens with zero attached hydrogens (tertiary/aromatic N) is 6. The fourth-order valence-electron chi connectivity index (χ4n) is 2.86. The normalized spacial score (nSPS) is 17.2. The molecule has 0 aromatic carbocycles. The largest absolute Gasteiger partial charge is 0.486 e. The number of nitrogens with one attached hydrogen (secondary N) is 1. The lowest BCUT2D eigenvalue weighted by atomic mass is 10.2. The zero-order valence-corrected chi connectivity index (χ0v) is 19.3. The highest BCUT2D eigenvalue weighted by Crippen LogP contribution is 2.20. The second-order valence-corrected chi connectivity index (χ2v) is 8.24. The zero-order chi connectivity index (χ0) is 22.2. The number of carbonyl (C=O) groups is 1. The number of oxime groups is 1. The van der Waals surface area contributed by atoms with Crippen LogP contribution in [-0.4, -0.2) is 57.9 Å². The van der Waals surface area contributed by atoms with Crippen LogP contribution in [0.5, 0.6) is 5.75 Å². The van der Waals surface area contributed by atoms with Gasteiger partial charge in [0.05, 0.1) is 25.5 Å². The van der Waals surface area contributed by atoms with Gasteiger partial charge in [-0.3, -0.25) is 14.7 Å². The number of carbonyl (C=O) groups excluding carboxylic acids is 1. The van der Waals surface area contributed by atoms with Gasteiger partial charge >= 0.3 is 0 Å². The summed E-state index contributed by atoms with van der Waals surface area (Å²) in [7, 11) is 0. The maximum Gasteiger partial charge on any atom is 0.227 e. The molecule has 31 heavy (non-hydrogen) atoms. The first-order chi connectivity index (χ1) is 14.9. The third-order valence-electron chi connectivity index (χ3n) is 4.66. The second-order valence-electron chi connectivity index (χ2n) is 7.38. The molecule has 3 rings (SSSR count). The Morgan fingerprint density at radius 1 is 1.35 bits per heavy atom. The minimum Gasteiger partial charge on any atom is -0.486 e. The number of ether oxygens (including phenoxy) is 1. The van der Waals surface area contributed by atoms with Crippen molar-refractivity contribution in [3.05, 3.63) is 40.9 Å². The van der Waals surface area contributed by atoms with Gasteiger partial charge in [0.15, 0.2) is 5.75 Å². The van der Waals surface area contributed by atoms with Gasteiger partial charge in [-0.2, -0.15) is 0 Å². The van der Waals surface area contributed by atoms with Gasteiger partial charge < -0.3 is 15.0 Å². The highest BCUT2D eigenvalue weighted by Gasteiger charge is 2.26. The van der Waals surface area contributed by atoms with E-state index in [2.05, 4.69) is 53.2 Å². The first-order valence-corrected chi connectivity index (χ1v) is 10.8. The fraction of sp³-hybridized carbons (Fsp3) is 0.450. The molecule has 10 nitrogen and oxygen atoms in total. The van der Waals surface area contributed by atoms with Crippen LogP contribution in [0.1, 0.15) is 26.3 Å². The fourth-order valence-corrected chi connectivity index (χ4v) is 3.22. The van der Waals surface area contributed by atoms with Gasteiger partial charge in [-0.15, -0.1) is 5.06 Å². The summed E-state index contributed by atoms with van der Waals surface area (Å²) >= 11 is 3.45. The minimum absolute atomic E-state index is 0.107. The third kappa shape index (κ3) is 6.59. The van der Waals surface area contributed by atoms with E-state index in [-0.39, 0.29) is 17.9 Å². The number of amides is 1. The maximum atomic E-state index is 11.5. The topological polar surface area (TPSA) is 105 Å². The van der Waals surface area contributed by atoms with Crippen LogP contribution in [0.4, 0.5) is 5.95 Å². The van der Waals surface area contributed by atoms with E-state index in [1.165, 1.54) is 6.34 Å². The molecule has 1 fully saturated rings. The van der Waals surface area contributed by atoms with E-state index in [0.717, 1.165) is 10.0 Å². The lowest BCUT2D eigenvalue weighted by Crippen LogP contribution is -2.52. The van der Waals surface area contributed by atoms with Gasteiger partial charge in [0.2, 0.25) is 11.9 Å². The van der Waals surface area contributed by atoms with E-state index >= 15 is 0 Å². The highest BCUT2D eigenvalue weighted by molar-refractivity contribution is 9.10. The molecule has 1 N–H and O–H groups in total. The molecule has 0 bridgehead atoms. The number of hydroxylamine groups is 2. The van der Waals surface area contributed by atoms with Crippen molar-refractivity contribution in [2.45, 2.75) is 33.4 Å². The molecule has 0 aliphatic carbocycles. The van der Waals surface area contributed by atoms with Crippen LogP contribution in [-0.2, 0) is 16.3 Å². The van der Waals surface area contributed by atoms with Gasteiger partial charge in [0, 0.05) is 40.9 Å². The van der Waals surface area contributed by atoms with Crippen LogP contribution in [0.25, 0.3) is 0 Å². The molecule has 0 saturated carbocycles. The average molecular weight is 492 g/mol. The molecule has 1 aliphatic rings. The monoisotopic (exact) mass is 491 g/mol. The first-order valence-electron chi connectivity index (χ1n) is 9.98. The van der Waals surface area contributed by atoms with E-state index in [0.29, 0.717) is 37.9 Å². The Hall–Kier alpha value is -2.79. The van der Waals surface area contributed by atoms with Crippen LogP contribution < -0.4 is 15.0 Å². The molecule has 2 aromatic heterocycles. The molecular formula is C20H26BrN7O3. The third-order valence-corrected chi connectivity index (χ3v) is 5.37. The lowest BCUT2D eigenvalue weighted by molar-refractivity contribution is -0.166. The highest BCUT2D eigenvalue weighted by atomic mass is 79.9. The van der Waals surface area contributed by atoms with Gasteiger partial charge in [-0.1, -0.05) is 19.0 Å². The van der Waals surface area contributed by atoms with E-state index < -0.39 is 0 Å². The van der Waals surface area contributed by atoms with Gasteiger partial charge in [0.1, 0.15) is 12.9 Å². The SMILES string of the molecule is CC(C)C(=O)N/C=N/ON1CCN(c2ncc(OCc3ccncc3Br)cn2)[C@H](C)C1. The van der Waals surface area contributed by atoms with Crippen molar-refractivity contribution in [1.29, 1.82) is 0 Å². The predicted octanol–water partition coefficient (Wildman–Crippen LogP) is 2.37. The molecule has 0 unspecified atom stereocenters. The number of halogens is 1. The number of hydrogen-bond acceptors (Lipinski definition) is 9. The van der Waals surface area contributed by atoms with Crippen LogP contribution in [0, 0.1) is 5.92 Å². The molecule has 1 aliphatic heterocycles. The van der Waals surface area contributed by atoms with Crippen molar-refractivity contribution in [2.75, 3.05) is 24.5 Å². The standard InChI is InChI=1S/C20H26BrN7O3/c1-14(2)19(29)25-13-26-31-27-6-7-28(15(3)11-27)20-23-8-17(9-24-20)30-12-16-4-5-22-10-18(16)21/h4-5,8-10,13-15H,6-7,11-12H2,1-3H3,(H,25,26,29)/t15-/m1/s1. The van der Waals surface area contributed by atoms with Crippen LogP contribution >= 0.6 is 15.9 Å². The summed E-state index contributed by atoms with van der Waals surface area (Å²) in [5.74, 6) is 1.02. The Balaban J connectivity index is 1.47. The Morgan fingerprint density at radius 2 is 2.13 bits per heavy atom. The Labute approximate surface area is 189 Å². The number of piperazine rings is 1. The molecular weight excluding hydrogens is 466 g/mol. The average Bonchev–Trinajstić information content (AvgIpc) is 2.76. The summed E-state index contributed by atoms with van der Waals surface area (Å²) in [4.78, 5) is 31.9. The smallest absolute Gasteiger partial charge is 0.227 e. The molecule has 1 atom stereocenters. The quantitative estimate of drug-likeness (QED) is 0.340. The van der Waals surface area contributed by atoms with Crippen molar-refractivity contribution >= 4 is 34.1 Å². The Bertz CT molecular complexity index is 895. The van der Waals surface area contributed by atoms with E-state index in [9.17, 15) is 4.79 Å². The Kier molecular flexibility index (Phi) is 8.13. The molecule has 1 saturated heterocycles. The number of hydrogen-bond donors (Lipinski definition) is 1. The molecule has 0 spiro atoms. The summed E-state index contributed by atoms with van der Waals surface area (Å²) in [6.07, 6.45) is 8.08. The molecule has 2 aromatic rings. The number of pyridine rings is 1. The molecule has 11 heteroatoms. The second kappa shape index (κ2) is 11.0. The number of anilines is 1. The summed E-state index contributed by atoms with van der Waals surface area (Å²) in [6.45, 7) is 8.01. The number of aromatic nitrogens is 3. The Morgan fingerprint density at radius 3 is 2.81 bits per heavy atom. The minimum atomic E-state index is -0.108. The number of rotatable bonds is 8. The molecule has 3 heterocycles. The van der Waals surface area contributed by atoms with E-state index in [4.69, 9.17) is 9.68 Å². The summed E-state index contributed by atoms with van der Waals surface area (Å²) in [5, 5.41) is 8.11. The van der Waals surface area contributed by atoms with E-state index in [1.54, 1.807) is 29.9 Å². The van der Waals surface area contributed by atoms with Gasteiger partial charge in [0.25, 0.3) is 0 Å². The zero-order valence-electron chi connectivity index (χ0n) is 17.7. The van der Waals surface area contributed by atoms with Crippen molar-refractivity contribution in [2.24, 2.45) is 11.1 Å². The van der Waals surface area contributed by atoms with Crippen LogP contribution in [0.2, 0.25) is 0 Å². The van der Waals surface area contributed by atoms with Crippen molar-refractivity contribution in [3.63, 3.8) is 0 Å². The summed E-state index contributed by atoms with van der Waals surface area (Å²) in [6, 6.07) is 2.01.